The van der Waals surface area contributed by atoms with E-state index < -0.39 is 48.2 Å². The zero-order chi connectivity index (χ0) is 17.5. The maximum atomic E-state index is 13.8. The van der Waals surface area contributed by atoms with Gasteiger partial charge in [0.25, 0.3) is 0 Å². The van der Waals surface area contributed by atoms with E-state index in [0.717, 1.165) is 0 Å². The lowest BCUT2D eigenvalue weighted by Gasteiger charge is -2.55. The second-order valence-electron chi connectivity index (χ2n) is 6.90. The molecular weight excluding hydrogens is 326 g/mol. The third kappa shape index (κ3) is 2.97. The molecule has 0 atom stereocenters. The van der Waals surface area contributed by atoms with Gasteiger partial charge >= 0.3 is 12.4 Å². The Bertz CT molecular complexity index is 389. The van der Waals surface area contributed by atoms with Crippen LogP contribution in [0.3, 0.4) is 0 Å². The summed E-state index contributed by atoms with van der Waals surface area (Å²) in [5.41, 5.74) is -7.03. The highest BCUT2D eigenvalue weighted by Gasteiger charge is 2.81. The van der Waals surface area contributed by atoms with Gasteiger partial charge in [-0.25, -0.2) is 0 Å². The number of aliphatic hydroxyl groups is 2. The van der Waals surface area contributed by atoms with Crippen LogP contribution in [0.15, 0.2) is 0 Å². The van der Waals surface area contributed by atoms with E-state index in [-0.39, 0.29) is 25.7 Å². The lowest BCUT2D eigenvalue weighted by molar-refractivity contribution is -0.413. The standard InChI is InChI=1S/C15H22F6O2/c16-14(17,18)13(15(19,20)21,10-4-2-1-3-5-10)12(23)8-6-11(22)7-9-12/h10-11,22-23H,1-9H2. The molecule has 2 rings (SSSR count). The van der Waals surface area contributed by atoms with Crippen molar-refractivity contribution in [2.75, 3.05) is 0 Å². The molecule has 2 saturated carbocycles. The number of rotatable bonds is 2. The van der Waals surface area contributed by atoms with Crippen LogP contribution in [0.1, 0.15) is 57.8 Å². The average Bonchev–Trinajstić information content (AvgIpc) is 2.41. The first-order valence-electron chi connectivity index (χ1n) is 7.99. The van der Waals surface area contributed by atoms with Crippen LogP contribution in [0.2, 0.25) is 0 Å². The molecule has 0 aromatic heterocycles. The van der Waals surface area contributed by atoms with E-state index in [2.05, 4.69) is 0 Å². The Morgan fingerprint density at radius 3 is 1.57 bits per heavy atom. The summed E-state index contributed by atoms with van der Waals surface area (Å²) < 4.78 is 83.0. The largest absolute Gasteiger partial charge is 0.406 e. The van der Waals surface area contributed by atoms with Gasteiger partial charge in [-0.3, -0.25) is 0 Å². The summed E-state index contributed by atoms with van der Waals surface area (Å²) in [4.78, 5) is 0. The molecule has 136 valence electrons. The van der Waals surface area contributed by atoms with Crippen molar-refractivity contribution in [3.63, 3.8) is 0 Å². The average molecular weight is 348 g/mol. The lowest BCUT2D eigenvalue weighted by Crippen LogP contribution is -2.69. The van der Waals surface area contributed by atoms with Crippen LogP contribution in [0.25, 0.3) is 0 Å². The minimum absolute atomic E-state index is 0.191. The molecular formula is C15H22F6O2. The predicted molar refractivity (Wildman–Crippen MR) is 70.5 cm³/mol. The van der Waals surface area contributed by atoms with Gasteiger partial charge in [0.05, 0.1) is 11.7 Å². The highest BCUT2D eigenvalue weighted by Crippen LogP contribution is 2.66. The second kappa shape index (κ2) is 6.10. The van der Waals surface area contributed by atoms with Gasteiger partial charge in [-0.2, -0.15) is 26.3 Å². The van der Waals surface area contributed by atoms with Crippen molar-refractivity contribution in [2.24, 2.45) is 11.3 Å². The normalized spacial score (nSPS) is 32.1. The van der Waals surface area contributed by atoms with E-state index in [4.69, 9.17) is 0 Å². The summed E-state index contributed by atoms with van der Waals surface area (Å²) in [5.74, 6) is -1.67. The molecule has 23 heavy (non-hydrogen) atoms. The summed E-state index contributed by atoms with van der Waals surface area (Å²) in [5, 5.41) is 20.0. The van der Waals surface area contributed by atoms with Gasteiger partial charge in [-0.05, 0) is 44.4 Å². The van der Waals surface area contributed by atoms with Crippen molar-refractivity contribution in [2.45, 2.75) is 81.8 Å². The summed E-state index contributed by atoms with van der Waals surface area (Å²) in [6, 6.07) is 0. The van der Waals surface area contributed by atoms with Gasteiger partial charge in [0, 0.05) is 0 Å². The SMILES string of the molecule is OC1CCC(O)(C(C2CCCCC2)(C(F)(F)F)C(F)(F)F)CC1. The van der Waals surface area contributed by atoms with E-state index in [1.165, 1.54) is 0 Å². The fourth-order valence-corrected chi connectivity index (χ4v) is 4.54. The van der Waals surface area contributed by atoms with E-state index in [1.807, 2.05) is 0 Å². The molecule has 2 aliphatic carbocycles. The Balaban J connectivity index is 2.57. The first kappa shape index (κ1) is 18.8. The molecule has 2 fully saturated rings. The fourth-order valence-electron chi connectivity index (χ4n) is 4.54. The number of hydrogen-bond acceptors (Lipinski definition) is 2. The van der Waals surface area contributed by atoms with E-state index in [0.29, 0.717) is 19.3 Å². The molecule has 2 aliphatic rings. The maximum absolute atomic E-state index is 13.8. The Morgan fingerprint density at radius 1 is 0.739 bits per heavy atom. The molecule has 8 heteroatoms. The Morgan fingerprint density at radius 2 is 1.17 bits per heavy atom. The summed E-state index contributed by atoms with van der Waals surface area (Å²) in [6.07, 6.45) is -13.2. The summed E-state index contributed by atoms with van der Waals surface area (Å²) in [7, 11) is 0. The predicted octanol–water partition coefficient (Wildman–Crippen LogP) is 4.34. The molecule has 0 aromatic rings. The molecule has 0 amide bonds. The molecule has 0 saturated heterocycles. The van der Waals surface area contributed by atoms with Crippen molar-refractivity contribution >= 4 is 0 Å². The van der Waals surface area contributed by atoms with Gasteiger partial charge in [0.15, 0.2) is 5.41 Å². The van der Waals surface area contributed by atoms with Gasteiger partial charge in [0.2, 0.25) is 0 Å². The number of alkyl halides is 6. The Labute approximate surface area is 130 Å². The molecule has 2 nitrogen and oxygen atoms in total. The van der Waals surface area contributed by atoms with Gasteiger partial charge in [0.1, 0.15) is 0 Å². The summed E-state index contributed by atoms with van der Waals surface area (Å²) >= 11 is 0. The van der Waals surface area contributed by atoms with Crippen molar-refractivity contribution in [1.29, 1.82) is 0 Å². The van der Waals surface area contributed by atoms with Crippen LogP contribution >= 0.6 is 0 Å². The van der Waals surface area contributed by atoms with Crippen LogP contribution in [-0.4, -0.2) is 34.3 Å². The van der Waals surface area contributed by atoms with Crippen molar-refractivity contribution < 1.29 is 36.6 Å². The second-order valence-corrected chi connectivity index (χ2v) is 6.90. The van der Waals surface area contributed by atoms with Crippen LogP contribution in [-0.2, 0) is 0 Å². The monoisotopic (exact) mass is 348 g/mol. The smallest absolute Gasteiger partial charge is 0.393 e. The molecule has 0 aliphatic heterocycles. The number of halogens is 6. The molecule has 2 N–H and O–H groups in total. The third-order valence-electron chi connectivity index (χ3n) is 5.63. The lowest BCUT2D eigenvalue weighted by atomic mass is 9.55. The van der Waals surface area contributed by atoms with Crippen molar-refractivity contribution in [3.8, 4) is 0 Å². The fraction of sp³-hybridized carbons (Fsp3) is 1.00. The first-order chi connectivity index (χ1) is 10.5. The summed E-state index contributed by atoms with van der Waals surface area (Å²) in [6.45, 7) is 0. The highest BCUT2D eigenvalue weighted by molar-refractivity contribution is 5.12. The van der Waals surface area contributed by atoms with Gasteiger partial charge < -0.3 is 10.2 Å². The van der Waals surface area contributed by atoms with Crippen LogP contribution in [0, 0.1) is 11.3 Å². The minimum Gasteiger partial charge on any atom is -0.393 e. The van der Waals surface area contributed by atoms with Crippen LogP contribution < -0.4 is 0 Å². The van der Waals surface area contributed by atoms with Crippen molar-refractivity contribution in [1.82, 2.24) is 0 Å². The van der Waals surface area contributed by atoms with E-state index in [9.17, 15) is 36.6 Å². The zero-order valence-corrected chi connectivity index (χ0v) is 12.7. The van der Waals surface area contributed by atoms with Gasteiger partial charge in [-0.1, -0.05) is 19.3 Å². The molecule has 0 unspecified atom stereocenters. The van der Waals surface area contributed by atoms with Crippen LogP contribution in [0.5, 0.6) is 0 Å². The Hall–Kier alpha value is -0.500. The first-order valence-corrected chi connectivity index (χ1v) is 7.99. The highest BCUT2D eigenvalue weighted by atomic mass is 19.4. The Kier molecular flexibility index (Phi) is 4.99. The van der Waals surface area contributed by atoms with Crippen LogP contribution in [0.4, 0.5) is 26.3 Å². The number of aliphatic hydroxyl groups excluding tert-OH is 1. The molecule has 0 spiro atoms. The quantitative estimate of drug-likeness (QED) is 0.729. The zero-order valence-electron chi connectivity index (χ0n) is 12.7. The molecule has 0 bridgehead atoms. The third-order valence-corrected chi connectivity index (χ3v) is 5.63. The van der Waals surface area contributed by atoms with Crippen molar-refractivity contribution in [3.05, 3.63) is 0 Å². The van der Waals surface area contributed by atoms with E-state index >= 15 is 0 Å². The topological polar surface area (TPSA) is 40.5 Å². The van der Waals surface area contributed by atoms with Gasteiger partial charge in [-0.15, -0.1) is 0 Å². The molecule has 0 heterocycles. The minimum atomic E-state index is -5.59. The maximum Gasteiger partial charge on any atom is 0.406 e. The molecule has 0 radical (unpaired) electrons. The molecule has 0 aromatic carbocycles. The van der Waals surface area contributed by atoms with E-state index in [1.54, 1.807) is 0 Å². The number of hydrogen-bond donors (Lipinski definition) is 2.